The molecule has 0 bridgehead atoms. The van der Waals surface area contributed by atoms with Crippen molar-refractivity contribution in [3.05, 3.63) is 192 Å². The first-order chi connectivity index (χ1) is 29.7. The lowest BCUT2D eigenvalue weighted by Gasteiger charge is -2.23. The molecule has 300 valence electrons. The van der Waals surface area contributed by atoms with E-state index >= 15 is 0 Å². The molecule has 0 unspecified atom stereocenters. The molecule has 9 rings (SSSR count). The molecule has 2 aromatic heterocycles. The third-order valence-corrected chi connectivity index (χ3v) is 11.7. The second kappa shape index (κ2) is 15.9. The Morgan fingerprint density at radius 2 is 1.21 bits per heavy atom. The fraction of sp³-hybridized carbons (Fsp3) is 0.158. The lowest BCUT2D eigenvalue weighted by Crippen LogP contribution is -2.12. The fourth-order valence-electron chi connectivity index (χ4n) is 8.46. The van der Waals surface area contributed by atoms with Crippen molar-refractivity contribution in [1.82, 2.24) is 14.5 Å². The van der Waals surface area contributed by atoms with E-state index in [0.29, 0.717) is 11.4 Å². The molecular formula is C57H51N3O. The van der Waals surface area contributed by atoms with Crippen LogP contribution in [0, 0.1) is 13.8 Å². The van der Waals surface area contributed by atoms with Gasteiger partial charge in [0.25, 0.3) is 0 Å². The standard InChI is InChI=1S/C57H51N3O/c1-36(2)39-22-24-41(25-23-39)43-27-28-58-51(35-43)46-33-44(40-15-10-8-11-16-40)32-45(34-46)47-19-14-20-53-54(47)59-56(49-30-38(4)31-50(55(49)61)57(5,6)7)60(53)52-26-21-37(3)29-48(52)42-17-12-9-13-18-42/h8-36,61H,1-7H3/i36D. The van der Waals surface area contributed by atoms with Gasteiger partial charge in [-0.25, -0.2) is 4.98 Å². The maximum Gasteiger partial charge on any atom is 0.149 e. The van der Waals surface area contributed by atoms with Gasteiger partial charge in [0.15, 0.2) is 0 Å². The van der Waals surface area contributed by atoms with Crippen LogP contribution in [0.3, 0.4) is 0 Å². The van der Waals surface area contributed by atoms with Crippen LogP contribution in [0.15, 0.2) is 170 Å². The number of para-hydroxylation sites is 1. The lowest BCUT2D eigenvalue weighted by atomic mass is 9.84. The van der Waals surface area contributed by atoms with E-state index in [4.69, 9.17) is 11.3 Å². The number of phenols is 1. The van der Waals surface area contributed by atoms with Gasteiger partial charge in [-0.2, -0.15) is 0 Å². The van der Waals surface area contributed by atoms with Crippen LogP contribution < -0.4 is 0 Å². The highest BCUT2D eigenvalue weighted by Gasteiger charge is 2.27. The largest absolute Gasteiger partial charge is 0.507 e. The van der Waals surface area contributed by atoms with Gasteiger partial charge in [-0.15, -0.1) is 0 Å². The van der Waals surface area contributed by atoms with E-state index in [1.807, 2.05) is 50.4 Å². The number of hydrogen-bond acceptors (Lipinski definition) is 3. The smallest absolute Gasteiger partial charge is 0.149 e. The Morgan fingerprint density at radius 3 is 1.92 bits per heavy atom. The van der Waals surface area contributed by atoms with Gasteiger partial charge >= 0.3 is 0 Å². The quantitative estimate of drug-likeness (QED) is 0.167. The number of aryl methyl sites for hydroxylation is 2. The number of benzene rings is 7. The van der Waals surface area contributed by atoms with Crippen LogP contribution >= 0.6 is 0 Å². The molecule has 0 saturated heterocycles. The molecule has 0 radical (unpaired) electrons. The van der Waals surface area contributed by atoms with Crippen molar-refractivity contribution in [2.24, 2.45) is 0 Å². The highest BCUT2D eigenvalue weighted by Crippen LogP contribution is 2.44. The first-order valence-corrected chi connectivity index (χ1v) is 21.0. The zero-order chi connectivity index (χ0) is 43.3. The number of hydrogen-bond donors (Lipinski definition) is 1. The topological polar surface area (TPSA) is 50.9 Å². The number of phenolic OH excluding ortho intramolecular Hbond substituents is 1. The summed E-state index contributed by atoms with van der Waals surface area (Å²) < 4.78 is 10.7. The van der Waals surface area contributed by atoms with Crippen molar-refractivity contribution >= 4 is 11.0 Å². The van der Waals surface area contributed by atoms with Gasteiger partial charge in [0, 0.05) is 29.8 Å². The minimum absolute atomic E-state index is 0.243. The minimum atomic E-state index is -0.671. The Hall–Kier alpha value is -7.04. The molecule has 4 heteroatoms. The number of aromatic nitrogens is 3. The van der Waals surface area contributed by atoms with Gasteiger partial charge in [0.2, 0.25) is 0 Å². The van der Waals surface area contributed by atoms with E-state index in [-0.39, 0.29) is 11.2 Å². The van der Waals surface area contributed by atoms with Gasteiger partial charge < -0.3 is 5.11 Å². The molecular weight excluding hydrogens is 743 g/mol. The van der Waals surface area contributed by atoms with E-state index in [1.54, 1.807) is 0 Å². The van der Waals surface area contributed by atoms with Gasteiger partial charge in [-0.3, -0.25) is 9.55 Å². The van der Waals surface area contributed by atoms with Gasteiger partial charge in [0.05, 0.1) is 28.0 Å². The number of aromatic hydroxyl groups is 1. The third kappa shape index (κ3) is 7.66. The number of fused-ring (bicyclic) bond motifs is 1. The molecule has 0 spiro atoms. The Bertz CT molecular complexity index is 3100. The van der Waals surface area contributed by atoms with Crippen LogP contribution in [0.1, 0.15) is 64.1 Å². The second-order valence-electron chi connectivity index (χ2n) is 17.5. The van der Waals surface area contributed by atoms with E-state index < -0.39 is 5.89 Å². The number of imidazole rings is 1. The summed E-state index contributed by atoms with van der Waals surface area (Å²) >= 11 is 0. The monoisotopic (exact) mass is 794 g/mol. The van der Waals surface area contributed by atoms with Crippen LogP contribution in [0.25, 0.3) is 83.9 Å². The molecule has 7 aromatic carbocycles. The number of nitrogens with zero attached hydrogens (tertiary/aromatic N) is 3. The summed E-state index contributed by atoms with van der Waals surface area (Å²) in [4.78, 5) is 10.5. The van der Waals surface area contributed by atoms with Crippen molar-refractivity contribution in [1.29, 1.82) is 0 Å². The van der Waals surface area contributed by atoms with Crippen molar-refractivity contribution < 1.29 is 6.48 Å². The average molecular weight is 795 g/mol. The summed E-state index contributed by atoms with van der Waals surface area (Å²) in [5, 5.41) is 12.2. The fourth-order valence-corrected chi connectivity index (χ4v) is 8.46. The van der Waals surface area contributed by atoms with Crippen molar-refractivity contribution in [3.8, 4) is 78.6 Å². The number of rotatable bonds is 8. The van der Waals surface area contributed by atoms with Crippen molar-refractivity contribution in [2.75, 3.05) is 0 Å². The molecule has 0 fully saturated rings. The van der Waals surface area contributed by atoms with Crippen molar-refractivity contribution in [3.63, 3.8) is 0 Å². The van der Waals surface area contributed by atoms with Crippen LogP contribution in [0.2, 0.25) is 0 Å². The van der Waals surface area contributed by atoms with E-state index in [9.17, 15) is 5.11 Å². The zero-order valence-electron chi connectivity index (χ0n) is 37.0. The zero-order valence-corrected chi connectivity index (χ0v) is 36.0. The third-order valence-electron chi connectivity index (χ3n) is 11.7. The van der Waals surface area contributed by atoms with Gasteiger partial charge in [0.1, 0.15) is 11.6 Å². The van der Waals surface area contributed by atoms with Crippen LogP contribution in [0.4, 0.5) is 0 Å². The second-order valence-corrected chi connectivity index (χ2v) is 17.5. The van der Waals surface area contributed by atoms with Crippen LogP contribution in [0.5, 0.6) is 5.75 Å². The molecule has 4 nitrogen and oxygen atoms in total. The predicted octanol–water partition coefficient (Wildman–Crippen LogP) is 15.2. The molecule has 1 N–H and O–H groups in total. The Kier molecular flexibility index (Phi) is 9.92. The molecule has 0 aliphatic rings. The minimum Gasteiger partial charge on any atom is -0.507 e. The van der Waals surface area contributed by atoms with E-state index in [2.05, 4.69) is 173 Å². The first kappa shape index (κ1) is 38.2. The molecule has 61 heavy (non-hydrogen) atoms. The first-order valence-electron chi connectivity index (χ1n) is 21.5. The Morgan fingerprint density at radius 1 is 0.557 bits per heavy atom. The molecule has 0 aliphatic carbocycles. The highest BCUT2D eigenvalue weighted by atomic mass is 16.3. The summed E-state index contributed by atoms with van der Waals surface area (Å²) in [5.74, 6) is 0.247. The van der Waals surface area contributed by atoms with E-state index in [0.717, 1.165) is 94.7 Å². The molecule has 0 saturated carbocycles. The lowest BCUT2D eigenvalue weighted by molar-refractivity contribution is 0.448. The Labute approximate surface area is 361 Å². The molecule has 0 amide bonds. The average Bonchev–Trinajstić information content (AvgIpc) is 3.66. The van der Waals surface area contributed by atoms with Gasteiger partial charge in [-0.1, -0.05) is 149 Å². The molecule has 0 aliphatic heterocycles. The summed E-state index contributed by atoms with van der Waals surface area (Å²) in [6.07, 6.45) is 1.88. The van der Waals surface area contributed by atoms with Gasteiger partial charge in [-0.05, 0) is 124 Å². The predicted molar refractivity (Wildman–Crippen MR) is 255 cm³/mol. The number of pyridine rings is 1. The maximum atomic E-state index is 12.2. The normalized spacial score (nSPS) is 12.1. The molecule has 9 aromatic rings. The summed E-state index contributed by atoms with van der Waals surface area (Å²) in [6, 6.07) is 57.3. The summed E-state index contributed by atoms with van der Waals surface area (Å²) in [7, 11) is 0. The molecule has 2 heterocycles. The van der Waals surface area contributed by atoms with Crippen LogP contribution in [-0.2, 0) is 5.41 Å². The summed E-state index contributed by atoms with van der Waals surface area (Å²) in [6.45, 7) is 14.4. The van der Waals surface area contributed by atoms with Crippen molar-refractivity contribution in [2.45, 2.75) is 59.8 Å². The molecule has 0 atom stereocenters. The summed E-state index contributed by atoms with van der Waals surface area (Å²) in [5.41, 5.74) is 17.5. The maximum absolute atomic E-state index is 12.2. The van der Waals surface area contributed by atoms with E-state index in [1.165, 1.54) is 0 Å². The Balaban J connectivity index is 1.30. The van der Waals surface area contributed by atoms with Crippen LogP contribution in [-0.4, -0.2) is 19.6 Å². The highest BCUT2D eigenvalue weighted by molar-refractivity contribution is 5.98. The SMILES string of the molecule is [2H]C(C)(C)c1ccc(-c2ccnc(-c3cc(-c4ccccc4)cc(-c4cccc5c4nc(-c4cc(C)cc(C(C)(C)C)c4O)n5-c4ccc(C)cc4-c4ccccc4)c3)c2)cc1.